The molecule has 0 radical (unpaired) electrons. The van der Waals surface area contributed by atoms with Crippen molar-refractivity contribution in [1.29, 1.82) is 0 Å². The van der Waals surface area contributed by atoms with E-state index in [4.69, 9.17) is 4.52 Å². The number of halogens is 1. The van der Waals surface area contributed by atoms with Gasteiger partial charge in [0.1, 0.15) is 0 Å². The van der Waals surface area contributed by atoms with Gasteiger partial charge in [0.05, 0.1) is 16.6 Å². The Balaban J connectivity index is 0.00000192. The SMILES string of the molecule is CNCCNC(=O)c1cc(C2CC2)nc2onc(C(C)C)c12.Cl. The number of hydrogen-bond donors (Lipinski definition) is 2. The Morgan fingerprint density at radius 3 is 2.74 bits per heavy atom. The monoisotopic (exact) mass is 338 g/mol. The Morgan fingerprint density at radius 2 is 2.13 bits per heavy atom. The lowest BCUT2D eigenvalue weighted by Gasteiger charge is -2.09. The predicted octanol–water partition coefficient (Wildman–Crippen LogP) is 2.59. The third-order valence-corrected chi connectivity index (χ3v) is 3.94. The molecule has 1 saturated carbocycles. The number of hydrogen-bond acceptors (Lipinski definition) is 5. The zero-order valence-corrected chi connectivity index (χ0v) is 14.5. The quantitative estimate of drug-likeness (QED) is 0.791. The molecule has 2 aromatic rings. The maximum absolute atomic E-state index is 12.6. The second-order valence-electron chi connectivity index (χ2n) is 6.13. The molecule has 6 nitrogen and oxygen atoms in total. The van der Waals surface area contributed by atoms with Gasteiger partial charge in [-0.1, -0.05) is 19.0 Å². The number of nitrogens with zero attached hydrogens (tertiary/aromatic N) is 2. The molecule has 3 rings (SSSR count). The molecular weight excluding hydrogens is 316 g/mol. The lowest BCUT2D eigenvalue weighted by molar-refractivity contribution is 0.0955. The fourth-order valence-electron chi connectivity index (χ4n) is 2.55. The summed E-state index contributed by atoms with van der Waals surface area (Å²) in [7, 11) is 1.86. The van der Waals surface area contributed by atoms with Crippen LogP contribution in [0.15, 0.2) is 10.6 Å². The molecule has 0 saturated heterocycles. The molecule has 2 aromatic heterocycles. The third-order valence-electron chi connectivity index (χ3n) is 3.94. The second kappa shape index (κ2) is 7.27. The first-order chi connectivity index (χ1) is 10.6. The maximum atomic E-state index is 12.6. The van der Waals surface area contributed by atoms with E-state index in [9.17, 15) is 4.79 Å². The molecule has 1 fully saturated rings. The number of aromatic nitrogens is 2. The van der Waals surface area contributed by atoms with E-state index in [0.717, 1.165) is 36.2 Å². The highest BCUT2D eigenvalue weighted by atomic mass is 35.5. The van der Waals surface area contributed by atoms with Crippen molar-refractivity contribution in [2.45, 2.75) is 38.5 Å². The van der Waals surface area contributed by atoms with E-state index in [1.54, 1.807) is 0 Å². The van der Waals surface area contributed by atoms with Gasteiger partial charge in [0.25, 0.3) is 11.6 Å². The molecule has 1 amide bonds. The molecule has 0 unspecified atom stereocenters. The summed E-state index contributed by atoms with van der Waals surface area (Å²) in [6, 6.07) is 1.91. The minimum atomic E-state index is -0.0883. The number of amides is 1. The summed E-state index contributed by atoms with van der Waals surface area (Å²) >= 11 is 0. The van der Waals surface area contributed by atoms with Gasteiger partial charge in [-0.25, -0.2) is 4.98 Å². The van der Waals surface area contributed by atoms with Crippen LogP contribution in [0.4, 0.5) is 0 Å². The summed E-state index contributed by atoms with van der Waals surface area (Å²) in [5.74, 6) is 0.550. The van der Waals surface area contributed by atoms with Gasteiger partial charge in [-0.15, -0.1) is 12.4 Å². The topological polar surface area (TPSA) is 80.0 Å². The molecule has 2 heterocycles. The predicted molar refractivity (Wildman–Crippen MR) is 91.4 cm³/mol. The Kier molecular flexibility index (Phi) is 5.59. The number of pyridine rings is 1. The Bertz CT molecular complexity index is 695. The molecule has 1 aliphatic rings. The third kappa shape index (κ3) is 3.64. The summed E-state index contributed by atoms with van der Waals surface area (Å²) in [5.41, 5.74) is 2.85. The van der Waals surface area contributed by atoms with Crippen LogP contribution in [-0.2, 0) is 0 Å². The van der Waals surface area contributed by atoms with E-state index in [1.807, 2.05) is 27.0 Å². The van der Waals surface area contributed by atoms with Crippen molar-refractivity contribution >= 4 is 29.4 Å². The smallest absolute Gasteiger partial charge is 0.259 e. The standard InChI is InChI=1S/C16H22N4O2.ClH/c1-9(2)14-13-11(15(21)18-7-6-17-3)8-12(10-4-5-10)19-16(13)22-20-14;/h8-10,17H,4-7H2,1-3H3,(H,18,21);1H. The van der Waals surface area contributed by atoms with Gasteiger partial charge in [-0.2, -0.15) is 0 Å². The molecule has 2 N–H and O–H groups in total. The molecular formula is C16H23ClN4O2. The molecule has 0 atom stereocenters. The first kappa shape index (κ1) is 17.7. The van der Waals surface area contributed by atoms with Gasteiger partial charge in [0.15, 0.2) is 0 Å². The molecule has 7 heteroatoms. The highest BCUT2D eigenvalue weighted by molar-refractivity contribution is 6.06. The Morgan fingerprint density at radius 1 is 1.39 bits per heavy atom. The molecule has 0 aliphatic heterocycles. The summed E-state index contributed by atoms with van der Waals surface area (Å²) in [6.45, 7) is 5.39. The van der Waals surface area contributed by atoms with Crippen LogP contribution in [0.25, 0.3) is 11.1 Å². The van der Waals surface area contributed by atoms with Crippen molar-refractivity contribution in [3.05, 3.63) is 23.0 Å². The minimum absolute atomic E-state index is 0. The van der Waals surface area contributed by atoms with Gasteiger partial charge in [0, 0.05) is 24.7 Å². The first-order valence-electron chi connectivity index (χ1n) is 7.84. The van der Waals surface area contributed by atoms with Gasteiger partial charge >= 0.3 is 0 Å². The van der Waals surface area contributed by atoms with E-state index in [2.05, 4.69) is 20.8 Å². The van der Waals surface area contributed by atoms with Gasteiger partial charge in [-0.3, -0.25) is 4.79 Å². The van der Waals surface area contributed by atoms with Crippen LogP contribution >= 0.6 is 12.4 Å². The minimum Gasteiger partial charge on any atom is -0.351 e. The number of likely N-dealkylation sites (N-methyl/N-ethyl adjacent to an activating group) is 1. The van der Waals surface area contributed by atoms with Crippen molar-refractivity contribution < 1.29 is 9.32 Å². The second-order valence-corrected chi connectivity index (χ2v) is 6.13. The fraction of sp³-hybridized carbons (Fsp3) is 0.562. The molecule has 23 heavy (non-hydrogen) atoms. The number of nitrogens with one attached hydrogen (secondary N) is 2. The number of carbonyl (C=O) groups excluding carboxylic acids is 1. The largest absolute Gasteiger partial charge is 0.351 e. The van der Waals surface area contributed by atoms with E-state index in [-0.39, 0.29) is 24.2 Å². The fourth-order valence-corrected chi connectivity index (χ4v) is 2.55. The Labute approximate surface area is 141 Å². The Hall–Kier alpha value is -1.66. The highest BCUT2D eigenvalue weighted by Gasteiger charge is 2.29. The van der Waals surface area contributed by atoms with Crippen molar-refractivity contribution in [3.8, 4) is 0 Å². The van der Waals surface area contributed by atoms with Crippen LogP contribution < -0.4 is 10.6 Å². The summed E-state index contributed by atoms with van der Waals surface area (Å²) in [6.07, 6.45) is 2.26. The summed E-state index contributed by atoms with van der Waals surface area (Å²) in [4.78, 5) is 17.1. The van der Waals surface area contributed by atoms with Crippen molar-refractivity contribution in [3.63, 3.8) is 0 Å². The van der Waals surface area contributed by atoms with Crippen molar-refractivity contribution in [1.82, 2.24) is 20.8 Å². The zero-order valence-electron chi connectivity index (χ0n) is 13.7. The van der Waals surface area contributed by atoms with Crippen molar-refractivity contribution in [2.24, 2.45) is 0 Å². The van der Waals surface area contributed by atoms with Crippen LogP contribution in [0.1, 0.15) is 60.3 Å². The first-order valence-corrected chi connectivity index (χ1v) is 7.84. The molecule has 0 bridgehead atoms. The van der Waals surface area contributed by atoms with Gasteiger partial charge < -0.3 is 15.2 Å². The zero-order chi connectivity index (χ0) is 15.7. The highest BCUT2D eigenvalue weighted by Crippen LogP contribution is 2.40. The van der Waals surface area contributed by atoms with Crippen LogP contribution in [0.3, 0.4) is 0 Å². The number of rotatable bonds is 6. The van der Waals surface area contributed by atoms with E-state index < -0.39 is 0 Å². The van der Waals surface area contributed by atoms with Crippen LogP contribution in [0.5, 0.6) is 0 Å². The number of fused-ring (bicyclic) bond motifs is 1. The van der Waals surface area contributed by atoms with Crippen LogP contribution in [-0.4, -0.2) is 36.2 Å². The van der Waals surface area contributed by atoms with Crippen LogP contribution in [0, 0.1) is 0 Å². The van der Waals surface area contributed by atoms with E-state index >= 15 is 0 Å². The normalized spacial score (nSPS) is 14.1. The molecule has 1 aliphatic carbocycles. The molecule has 0 spiro atoms. The average molecular weight is 339 g/mol. The van der Waals surface area contributed by atoms with Crippen molar-refractivity contribution in [2.75, 3.05) is 20.1 Å². The summed E-state index contributed by atoms with van der Waals surface area (Å²) in [5, 5.41) is 10.8. The van der Waals surface area contributed by atoms with Crippen LogP contribution in [0.2, 0.25) is 0 Å². The number of carbonyl (C=O) groups is 1. The lowest BCUT2D eigenvalue weighted by Crippen LogP contribution is -2.30. The molecule has 126 valence electrons. The van der Waals surface area contributed by atoms with Gasteiger partial charge in [-0.05, 0) is 31.9 Å². The average Bonchev–Trinajstić information content (AvgIpc) is 3.25. The van der Waals surface area contributed by atoms with E-state index in [1.165, 1.54) is 0 Å². The van der Waals surface area contributed by atoms with Gasteiger partial charge in [0.2, 0.25) is 0 Å². The molecule has 0 aromatic carbocycles. The lowest BCUT2D eigenvalue weighted by atomic mass is 10.0. The van der Waals surface area contributed by atoms with E-state index in [0.29, 0.717) is 23.7 Å². The summed E-state index contributed by atoms with van der Waals surface area (Å²) < 4.78 is 5.39. The maximum Gasteiger partial charge on any atom is 0.259 e.